The molecule has 0 amide bonds. The summed E-state index contributed by atoms with van der Waals surface area (Å²) in [5, 5.41) is 4.57. The second-order valence-corrected chi connectivity index (χ2v) is 16.6. The van der Waals surface area contributed by atoms with Crippen molar-refractivity contribution in [1.29, 1.82) is 0 Å². The minimum Gasteiger partial charge on any atom is -0.456 e. The molecule has 0 N–H and O–H groups in total. The molecule has 12 rings (SSSR count). The van der Waals surface area contributed by atoms with Gasteiger partial charge in [-0.2, -0.15) is 0 Å². The van der Waals surface area contributed by atoms with Crippen LogP contribution in [0.3, 0.4) is 0 Å². The number of para-hydroxylation sites is 1. The van der Waals surface area contributed by atoms with E-state index in [-0.39, 0.29) is 0 Å². The van der Waals surface area contributed by atoms with E-state index in [2.05, 4.69) is 152 Å². The molecular formula is C57H35N3OS. The minimum atomic E-state index is 0.589. The Morgan fingerprint density at radius 2 is 0.855 bits per heavy atom. The number of rotatable bonds is 7. The Morgan fingerprint density at radius 1 is 0.306 bits per heavy atom. The molecule has 0 aliphatic heterocycles. The zero-order valence-corrected chi connectivity index (χ0v) is 34.2. The molecule has 0 aliphatic rings. The molecular weight excluding hydrogens is 775 g/mol. The lowest BCUT2D eigenvalue weighted by Gasteiger charge is -2.20. The first-order valence-corrected chi connectivity index (χ1v) is 21.6. The van der Waals surface area contributed by atoms with Gasteiger partial charge in [-0.05, 0) is 93.0 Å². The van der Waals surface area contributed by atoms with Gasteiger partial charge in [0.2, 0.25) is 0 Å². The number of hydrogen-bond acceptors (Lipinski definition) is 5. The standard InChI is InChI=1S/C57H35N3OS/c1-4-16-36(17-5-1)42-34-46(53(37-18-6-2-7-19-37)47(35-42)40-30-31-52-48(33-40)43-24-11-13-29-51(43)62-52)39-22-14-23-41(32-39)56-58-55(38-20-8-3-9-21-38)59-57(60-56)45-26-15-28-50-54(45)44-25-10-12-27-49(44)61-50/h1-35H. The van der Waals surface area contributed by atoms with Crippen LogP contribution in [0.25, 0.3) is 121 Å². The number of aromatic nitrogens is 3. The first kappa shape index (κ1) is 35.9. The lowest BCUT2D eigenvalue weighted by atomic mass is 9.84. The summed E-state index contributed by atoms with van der Waals surface area (Å²) in [6, 6.07) is 74.9. The molecule has 290 valence electrons. The summed E-state index contributed by atoms with van der Waals surface area (Å²) in [4.78, 5) is 15.6. The van der Waals surface area contributed by atoms with Gasteiger partial charge in [-0.1, -0.05) is 164 Å². The lowest BCUT2D eigenvalue weighted by molar-refractivity contribution is 0.669. The first-order valence-electron chi connectivity index (χ1n) is 20.8. The minimum absolute atomic E-state index is 0.589. The van der Waals surface area contributed by atoms with Crippen LogP contribution >= 0.6 is 11.3 Å². The van der Waals surface area contributed by atoms with Crippen LogP contribution in [0.5, 0.6) is 0 Å². The van der Waals surface area contributed by atoms with Crippen molar-refractivity contribution in [3.05, 3.63) is 212 Å². The average Bonchev–Trinajstić information content (AvgIpc) is 3.93. The number of hydrogen-bond donors (Lipinski definition) is 0. The van der Waals surface area contributed by atoms with Crippen molar-refractivity contribution in [2.24, 2.45) is 0 Å². The van der Waals surface area contributed by atoms with Crippen molar-refractivity contribution in [3.8, 4) is 78.7 Å². The van der Waals surface area contributed by atoms with Gasteiger partial charge in [0.25, 0.3) is 0 Å². The van der Waals surface area contributed by atoms with E-state index in [9.17, 15) is 0 Å². The maximum Gasteiger partial charge on any atom is 0.164 e. The van der Waals surface area contributed by atoms with E-state index in [4.69, 9.17) is 19.4 Å². The predicted molar refractivity (Wildman–Crippen MR) is 258 cm³/mol. The maximum absolute atomic E-state index is 6.30. The monoisotopic (exact) mass is 809 g/mol. The molecule has 0 bridgehead atoms. The Bertz CT molecular complexity index is 3630. The van der Waals surface area contributed by atoms with Crippen LogP contribution in [0.1, 0.15) is 0 Å². The second-order valence-electron chi connectivity index (χ2n) is 15.5. The van der Waals surface area contributed by atoms with Crippen LogP contribution < -0.4 is 0 Å². The molecule has 62 heavy (non-hydrogen) atoms. The fraction of sp³-hybridized carbons (Fsp3) is 0. The Kier molecular flexibility index (Phi) is 8.65. The van der Waals surface area contributed by atoms with E-state index in [1.54, 1.807) is 0 Å². The summed E-state index contributed by atoms with van der Waals surface area (Å²) in [5.41, 5.74) is 13.5. The van der Waals surface area contributed by atoms with Gasteiger partial charge in [0.05, 0.1) is 0 Å². The smallest absolute Gasteiger partial charge is 0.164 e. The third-order valence-electron chi connectivity index (χ3n) is 11.7. The van der Waals surface area contributed by atoms with Gasteiger partial charge in [0.1, 0.15) is 11.2 Å². The molecule has 0 spiro atoms. The highest BCUT2D eigenvalue weighted by Crippen LogP contribution is 2.46. The summed E-state index contributed by atoms with van der Waals surface area (Å²) >= 11 is 1.84. The fourth-order valence-corrected chi connectivity index (χ4v) is 9.92. The van der Waals surface area contributed by atoms with Gasteiger partial charge >= 0.3 is 0 Å². The molecule has 0 fully saturated rings. The highest BCUT2D eigenvalue weighted by Gasteiger charge is 2.21. The number of furan rings is 1. The van der Waals surface area contributed by atoms with Gasteiger partial charge in [0.15, 0.2) is 17.5 Å². The lowest BCUT2D eigenvalue weighted by Crippen LogP contribution is -2.00. The van der Waals surface area contributed by atoms with Crippen LogP contribution in [0.15, 0.2) is 217 Å². The second kappa shape index (κ2) is 14.9. The molecule has 3 heterocycles. The molecule has 12 aromatic rings. The predicted octanol–water partition coefficient (Wildman–Crippen LogP) is 15.8. The van der Waals surface area contributed by atoms with Crippen LogP contribution in [-0.4, -0.2) is 15.0 Å². The Balaban J connectivity index is 1.09. The van der Waals surface area contributed by atoms with E-state index >= 15 is 0 Å². The molecule has 5 heteroatoms. The van der Waals surface area contributed by atoms with E-state index in [0.29, 0.717) is 17.5 Å². The Hall–Kier alpha value is -7.99. The van der Waals surface area contributed by atoms with Crippen molar-refractivity contribution in [2.45, 2.75) is 0 Å². The van der Waals surface area contributed by atoms with Crippen molar-refractivity contribution in [3.63, 3.8) is 0 Å². The third kappa shape index (κ3) is 6.26. The molecule has 0 radical (unpaired) electrons. The van der Waals surface area contributed by atoms with Crippen molar-refractivity contribution >= 4 is 53.4 Å². The van der Waals surface area contributed by atoms with E-state index in [1.807, 2.05) is 72.0 Å². The molecule has 3 aromatic heterocycles. The molecule has 4 nitrogen and oxygen atoms in total. The van der Waals surface area contributed by atoms with E-state index in [0.717, 1.165) is 66.4 Å². The van der Waals surface area contributed by atoms with Gasteiger partial charge in [0, 0.05) is 47.6 Å². The van der Waals surface area contributed by atoms with Crippen LogP contribution in [-0.2, 0) is 0 Å². The van der Waals surface area contributed by atoms with Crippen LogP contribution in [0.2, 0.25) is 0 Å². The SMILES string of the molecule is c1ccc(-c2cc(-c3cccc(-c4nc(-c5ccccc5)nc(-c5cccc6oc7ccccc7c56)n4)c3)c(-c3ccccc3)c(-c3ccc4sc5ccccc5c4c3)c2)cc1. The largest absolute Gasteiger partial charge is 0.456 e. The zero-order valence-electron chi connectivity index (χ0n) is 33.4. The molecule has 9 aromatic carbocycles. The summed E-state index contributed by atoms with van der Waals surface area (Å²) < 4.78 is 8.89. The molecule has 0 saturated carbocycles. The highest BCUT2D eigenvalue weighted by atomic mass is 32.1. The third-order valence-corrected chi connectivity index (χ3v) is 12.9. The molecule has 0 aliphatic carbocycles. The summed E-state index contributed by atoms with van der Waals surface area (Å²) in [7, 11) is 0. The Morgan fingerprint density at radius 3 is 1.63 bits per heavy atom. The average molecular weight is 810 g/mol. The highest BCUT2D eigenvalue weighted by molar-refractivity contribution is 7.25. The van der Waals surface area contributed by atoms with Gasteiger partial charge in [-0.3, -0.25) is 0 Å². The molecule has 0 atom stereocenters. The van der Waals surface area contributed by atoms with Gasteiger partial charge < -0.3 is 4.42 Å². The van der Waals surface area contributed by atoms with Crippen molar-refractivity contribution < 1.29 is 4.42 Å². The normalized spacial score (nSPS) is 11.5. The van der Waals surface area contributed by atoms with E-state index in [1.165, 1.54) is 36.9 Å². The Labute approximate surface area is 362 Å². The van der Waals surface area contributed by atoms with Crippen LogP contribution in [0, 0.1) is 0 Å². The quantitative estimate of drug-likeness (QED) is 0.161. The van der Waals surface area contributed by atoms with Crippen molar-refractivity contribution in [2.75, 3.05) is 0 Å². The van der Waals surface area contributed by atoms with Gasteiger partial charge in [-0.15, -0.1) is 11.3 Å². The number of benzene rings is 9. The number of nitrogens with zero attached hydrogens (tertiary/aromatic N) is 3. The summed E-state index contributed by atoms with van der Waals surface area (Å²) in [6.07, 6.45) is 0. The summed E-state index contributed by atoms with van der Waals surface area (Å²) in [6.45, 7) is 0. The maximum atomic E-state index is 6.30. The zero-order chi connectivity index (χ0) is 41.0. The number of fused-ring (bicyclic) bond motifs is 6. The summed E-state index contributed by atoms with van der Waals surface area (Å²) in [5.74, 6) is 1.79. The van der Waals surface area contributed by atoms with Gasteiger partial charge in [-0.25, -0.2) is 15.0 Å². The topological polar surface area (TPSA) is 51.8 Å². The first-order chi connectivity index (χ1) is 30.7. The number of thiophene rings is 1. The van der Waals surface area contributed by atoms with E-state index < -0.39 is 0 Å². The molecule has 0 saturated heterocycles. The fourth-order valence-electron chi connectivity index (χ4n) is 8.83. The van der Waals surface area contributed by atoms with Crippen LogP contribution in [0.4, 0.5) is 0 Å². The molecule has 0 unspecified atom stereocenters. The van der Waals surface area contributed by atoms with Crippen molar-refractivity contribution in [1.82, 2.24) is 15.0 Å².